The Morgan fingerprint density at radius 1 is 0.947 bits per heavy atom. The van der Waals surface area contributed by atoms with Gasteiger partial charge in [-0.25, -0.2) is 4.98 Å². The molecule has 0 fully saturated rings. The van der Waals surface area contributed by atoms with Crippen LogP contribution in [0.2, 0.25) is 0 Å². The normalized spacial score (nSPS) is 10.4. The SMILES string of the molecule is CCOCCOc1cccc(Cc2ccccc2)n1. The lowest BCUT2D eigenvalue weighted by molar-refractivity contribution is 0.108. The van der Waals surface area contributed by atoms with E-state index in [1.165, 1.54) is 5.56 Å². The lowest BCUT2D eigenvalue weighted by atomic mass is 10.1. The van der Waals surface area contributed by atoms with E-state index >= 15 is 0 Å². The van der Waals surface area contributed by atoms with Crippen molar-refractivity contribution in [3.8, 4) is 5.88 Å². The van der Waals surface area contributed by atoms with Crippen LogP contribution in [-0.4, -0.2) is 24.8 Å². The van der Waals surface area contributed by atoms with Gasteiger partial charge in [0.05, 0.1) is 6.61 Å². The topological polar surface area (TPSA) is 31.4 Å². The van der Waals surface area contributed by atoms with Gasteiger partial charge in [0.15, 0.2) is 0 Å². The number of hydrogen-bond donors (Lipinski definition) is 0. The maximum Gasteiger partial charge on any atom is 0.213 e. The van der Waals surface area contributed by atoms with Gasteiger partial charge in [-0.05, 0) is 18.6 Å². The third-order valence-electron chi connectivity index (χ3n) is 2.69. The van der Waals surface area contributed by atoms with Crippen molar-refractivity contribution in [1.29, 1.82) is 0 Å². The molecular formula is C16H19NO2. The first-order chi connectivity index (χ1) is 9.38. The zero-order chi connectivity index (χ0) is 13.3. The van der Waals surface area contributed by atoms with Gasteiger partial charge < -0.3 is 9.47 Å². The van der Waals surface area contributed by atoms with Gasteiger partial charge >= 0.3 is 0 Å². The highest BCUT2D eigenvalue weighted by Gasteiger charge is 2.00. The van der Waals surface area contributed by atoms with Crippen LogP contribution >= 0.6 is 0 Å². The molecule has 0 saturated carbocycles. The molecule has 0 aliphatic rings. The van der Waals surface area contributed by atoms with E-state index in [4.69, 9.17) is 9.47 Å². The van der Waals surface area contributed by atoms with Gasteiger partial charge in [-0.2, -0.15) is 0 Å². The zero-order valence-electron chi connectivity index (χ0n) is 11.2. The fourth-order valence-corrected chi connectivity index (χ4v) is 1.79. The van der Waals surface area contributed by atoms with Crippen molar-refractivity contribution in [1.82, 2.24) is 4.98 Å². The molecule has 1 aromatic carbocycles. The first-order valence-electron chi connectivity index (χ1n) is 6.59. The molecule has 0 atom stereocenters. The molecule has 0 bridgehead atoms. The van der Waals surface area contributed by atoms with Gasteiger partial charge in [-0.15, -0.1) is 0 Å². The molecule has 0 spiro atoms. The molecule has 1 aromatic heterocycles. The first-order valence-corrected chi connectivity index (χ1v) is 6.59. The minimum atomic E-state index is 0.537. The summed E-state index contributed by atoms with van der Waals surface area (Å²) >= 11 is 0. The molecule has 0 aliphatic heterocycles. The Morgan fingerprint density at radius 3 is 2.58 bits per heavy atom. The molecule has 0 saturated heterocycles. The molecular weight excluding hydrogens is 238 g/mol. The maximum atomic E-state index is 5.55. The minimum Gasteiger partial charge on any atom is -0.475 e. The molecule has 0 amide bonds. The van der Waals surface area contributed by atoms with E-state index in [2.05, 4.69) is 17.1 Å². The number of nitrogens with zero attached hydrogens (tertiary/aromatic N) is 1. The van der Waals surface area contributed by atoms with Crippen LogP contribution < -0.4 is 4.74 Å². The van der Waals surface area contributed by atoms with E-state index in [1.807, 2.05) is 43.3 Å². The van der Waals surface area contributed by atoms with Gasteiger partial charge in [0.1, 0.15) is 6.61 Å². The van der Waals surface area contributed by atoms with Gasteiger partial charge in [0.25, 0.3) is 0 Å². The Kier molecular flexibility index (Phi) is 5.38. The maximum absolute atomic E-state index is 5.55. The van der Waals surface area contributed by atoms with Crippen LogP contribution in [0.15, 0.2) is 48.5 Å². The van der Waals surface area contributed by atoms with Crippen molar-refractivity contribution in [3.63, 3.8) is 0 Å². The minimum absolute atomic E-state index is 0.537. The molecule has 0 radical (unpaired) electrons. The summed E-state index contributed by atoms with van der Waals surface area (Å²) < 4.78 is 10.8. The summed E-state index contributed by atoms with van der Waals surface area (Å²) in [4.78, 5) is 4.49. The Bertz CT molecular complexity index is 485. The molecule has 2 rings (SSSR count). The average molecular weight is 257 g/mol. The van der Waals surface area contributed by atoms with Crippen LogP contribution in [0.4, 0.5) is 0 Å². The van der Waals surface area contributed by atoms with Crippen molar-refractivity contribution in [2.75, 3.05) is 19.8 Å². The molecule has 3 nitrogen and oxygen atoms in total. The Labute approximate surface area is 114 Å². The van der Waals surface area contributed by atoms with E-state index in [0.29, 0.717) is 25.7 Å². The molecule has 19 heavy (non-hydrogen) atoms. The lowest BCUT2D eigenvalue weighted by Crippen LogP contribution is -2.07. The van der Waals surface area contributed by atoms with Gasteiger partial charge in [0.2, 0.25) is 5.88 Å². The van der Waals surface area contributed by atoms with E-state index in [9.17, 15) is 0 Å². The van der Waals surface area contributed by atoms with Crippen molar-refractivity contribution < 1.29 is 9.47 Å². The summed E-state index contributed by atoms with van der Waals surface area (Å²) in [6, 6.07) is 16.2. The summed E-state index contributed by atoms with van der Waals surface area (Å²) in [6.07, 6.45) is 0.823. The Morgan fingerprint density at radius 2 is 1.79 bits per heavy atom. The van der Waals surface area contributed by atoms with Crippen LogP contribution in [0, 0.1) is 0 Å². The second-order valence-electron chi connectivity index (χ2n) is 4.17. The number of benzene rings is 1. The number of aromatic nitrogens is 1. The third kappa shape index (κ3) is 4.72. The summed E-state index contributed by atoms with van der Waals surface area (Å²) in [5.41, 5.74) is 2.27. The summed E-state index contributed by atoms with van der Waals surface area (Å²) in [6.45, 7) is 3.82. The monoisotopic (exact) mass is 257 g/mol. The van der Waals surface area contributed by atoms with E-state index in [0.717, 1.165) is 12.1 Å². The average Bonchev–Trinajstić information content (AvgIpc) is 2.45. The Balaban J connectivity index is 1.91. The molecule has 0 N–H and O–H groups in total. The summed E-state index contributed by atoms with van der Waals surface area (Å²) in [7, 11) is 0. The van der Waals surface area contributed by atoms with Crippen LogP contribution in [0.5, 0.6) is 5.88 Å². The zero-order valence-corrected chi connectivity index (χ0v) is 11.2. The van der Waals surface area contributed by atoms with Crippen molar-refractivity contribution in [3.05, 3.63) is 59.8 Å². The third-order valence-corrected chi connectivity index (χ3v) is 2.69. The van der Waals surface area contributed by atoms with Crippen LogP contribution in [0.3, 0.4) is 0 Å². The fourth-order valence-electron chi connectivity index (χ4n) is 1.79. The number of rotatable bonds is 7. The first kappa shape index (κ1) is 13.6. The standard InChI is InChI=1S/C16H19NO2/c1-2-18-11-12-19-16-10-6-9-15(17-16)13-14-7-4-3-5-8-14/h3-10H,2,11-13H2,1H3. The highest BCUT2D eigenvalue weighted by atomic mass is 16.5. The lowest BCUT2D eigenvalue weighted by Gasteiger charge is -2.07. The van der Waals surface area contributed by atoms with Gasteiger partial charge in [-0.3, -0.25) is 0 Å². The Hall–Kier alpha value is -1.87. The van der Waals surface area contributed by atoms with E-state index < -0.39 is 0 Å². The summed E-state index contributed by atoms with van der Waals surface area (Å²) in [5.74, 6) is 0.660. The van der Waals surface area contributed by atoms with Crippen LogP contribution in [0.25, 0.3) is 0 Å². The molecule has 100 valence electrons. The van der Waals surface area contributed by atoms with Crippen molar-refractivity contribution >= 4 is 0 Å². The predicted molar refractivity (Wildman–Crippen MR) is 75.5 cm³/mol. The molecule has 3 heteroatoms. The number of pyridine rings is 1. The van der Waals surface area contributed by atoms with Gasteiger partial charge in [-0.1, -0.05) is 36.4 Å². The quantitative estimate of drug-likeness (QED) is 0.714. The van der Waals surface area contributed by atoms with Crippen LogP contribution in [0.1, 0.15) is 18.2 Å². The van der Waals surface area contributed by atoms with E-state index in [1.54, 1.807) is 0 Å². The number of ether oxygens (including phenoxy) is 2. The molecule has 0 aliphatic carbocycles. The molecule has 1 heterocycles. The smallest absolute Gasteiger partial charge is 0.213 e. The fraction of sp³-hybridized carbons (Fsp3) is 0.312. The van der Waals surface area contributed by atoms with E-state index in [-0.39, 0.29) is 0 Å². The summed E-state index contributed by atoms with van der Waals surface area (Å²) in [5, 5.41) is 0. The van der Waals surface area contributed by atoms with Gasteiger partial charge in [0, 0.05) is 24.8 Å². The molecule has 0 unspecified atom stereocenters. The largest absolute Gasteiger partial charge is 0.475 e. The van der Waals surface area contributed by atoms with Crippen molar-refractivity contribution in [2.24, 2.45) is 0 Å². The van der Waals surface area contributed by atoms with Crippen molar-refractivity contribution in [2.45, 2.75) is 13.3 Å². The predicted octanol–water partition coefficient (Wildman–Crippen LogP) is 3.09. The second-order valence-corrected chi connectivity index (χ2v) is 4.17. The highest BCUT2D eigenvalue weighted by Crippen LogP contribution is 2.11. The number of hydrogen-bond acceptors (Lipinski definition) is 3. The molecule has 2 aromatic rings. The second kappa shape index (κ2) is 7.54. The highest BCUT2D eigenvalue weighted by molar-refractivity contribution is 5.24. The van der Waals surface area contributed by atoms with Crippen LogP contribution in [-0.2, 0) is 11.2 Å².